The van der Waals surface area contributed by atoms with Gasteiger partial charge in [-0.15, -0.1) is 0 Å². The van der Waals surface area contributed by atoms with Crippen LogP contribution in [0.5, 0.6) is 0 Å². The molecule has 1 aliphatic heterocycles. The number of pyridine rings is 1. The van der Waals surface area contributed by atoms with Crippen LogP contribution < -0.4 is 4.90 Å². The summed E-state index contributed by atoms with van der Waals surface area (Å²) in [5.41, 5.74) is 2.82. The first-order valence-corrected chi connectivity index (χ1v) is 6.05. The molecule has 0 radical (unpaired) electrons. The first-order chi connectivity index (χ1) is 7.83. The molecule has 0 fully saturated rings. The second-order valence-corrected chi connectivity index (χ2v) is 4.88. The van der Waals surface area contributed by atoms with Crippen LogP contribution in [0.2, 0.25) is 0 Å². The van der Waals surface area contributed by atoms with Crippen molar-refractivity contribution in [3.63, 3.8) is 0 Å². The minimum absolute atomic E-state index is 0.963. The van der Waals surface area contributed by atoms with Gasteiger partial charge in [0.25, 0.3) is 0 Å². The lowest BCUT2D eigenvalue weighted by Crippen LogP contribution is -2.15. The lowest BCUT2D eigenvalue weighted by molar-refractivity contribution is 0.856. The van der Waals surface area contributed by atoms with Gasteiger partial charge in [0.1, 0.15) is 5.82 Å². The standard InChI is InChI=1S/C13H11BrN2/c14-12-5-6-13(15-7-12)16-8-10-3-1-2-4-11(10)9-16/h1-7H,8-9H2. The molecule has 0 amide bonds. The van der Waals surface area contributed by atoms with Gasteiger partial charge < -0.3 is 4.90 Å². The number of aromatic nitrogens is 1. The minimum atomic E-state index is 0.963. The third kappa shape index (κ3) is 1.71. The van der Waals surface area contributed by atoms with Crippen molar-refractivity contribution < 1.29 is 0 Å². The van der Waals surface area contributed by atoms with Crippen LogP contribution in [0.3, 0.4) is 0 Å². The zero-order valence-electron chi connectivity index (χ0n) is 8.73. The number of nitrogens with zero attached hydrogens (tertiary/aromatic N) is 2. The molecule has 0 atom stereocenters. The van der Waals surface area contributed by atoms with Crippen molar-refractivity contribution in [2.45, 2.75) is 13.1 Å². The molecule has 1 aliphatic rings. The lowest BCUT2D eigenvalue weighted by Gasteiger charge is -2.15. The molecule has 0 N–H and O–H groups in total. The van der Waals surface area contributed by atoms with E-state index < -0.39 is 0 Å². The summed E-state index contributed by atoms with van der Waals surface area (Å²) in [4.78, 5) is 6.71. The van der Waals surface area contributed by atoms with Crippen molar-refractivity contribution in [2.75, 3.05) is 4.90 Å². The van der Waals surface area contributed by atoms with Crippen molar-refractivity contribution in [2.24, 2.45) is 0 Å². The molecular weight excluding hydrogens is 264 g/mol. The Hall–Kier alpha value is -1.35. The molecule has 2 nitrogen and oxygen atoms in total. The smallest absolute Gasteiger partial charge is 0.129 e. The van der Waals surface area contributed by atoms with E-state index >= 15 is 0 Å². The van der Waals surface area contributed by atoms with Crippen LogP contribution in [-0.4, -0.2) is 4.98 Å². The average molecular weight is 275 g/mol. The Bertz CT molecular complexity index is 483. The first kappa shape index (κ1) is 9.85. The first-order valence-electron chi connectivity index (χ1n) is 5.26. The van der Waals surface area contributed by atoms with E-state index in [9.17, 15) is 0 Å². The lowest BCUT2D eigenvalue weighted by atomic mass is 10.1. The molecule has 2 heterocycles. The molecule has 80 valence electrons. The summed E-state index contributed by atoms with van der Waals surface area (Å²) < 4.78 is 1.02. The quantitative estimate of drug-likeness (QED) is 0.793. The Morgan fingerprint density at radius 3 is 2.25 bits per heavy atom. The zero-order valence-corrected chi connectivity index (χ0v) is 10.3. The van der Waals surface area contributed by atoms with Crippen LogP contribution in [0.15, 0.2) is 47.1 Å². The fourth-order valence-electron chi connectivity index (χ4n) is 2.05. The molecule has 0 spiro atoms. The highest BCUT2D eigenvalue weighted by Crippen LogP contribution is 2.26. The van der Waals surface area contributed by atoms with E-state index in [1.807, 2.05) is 12.3 Å². The third-order valence-corrected chi connectivity index (χ3v) is 3.35. The molecule has 1 aromatic carbocycles. The number of halogens is 1. The normalized spacial score (nSPS) is 13.9. The third-order valence-electron chi connectivity index (χ3n) is 2.88. The van der Waals surface area contributed by atoms with Crippen LogP contribution in [0.1, 0.15) is 11.1 Å². The van der Waals surface area contributed by atoms with E-state index in [0.717, 1.165) is 23.4 Å². The summed E-state index contributed by atoms with van der Waals surface area (Å²) in [6.07, 6.45) is 1.85. The molecule has 16 heavy (non-hydrogen) atoms. The zero-order chi connectivity index (χ0) is 11.0. The largest absolute Gasteiger partial charge is 0.348 e. The Balaban J connectivity index is 1.88. The van der Waals surface area contributed by atoms with Crippen LogP contribution in [-0.2, 0) is 13.1 Å². The van der Waals surface area contributed by atoms with Gasteiger partial charge in [0.05, 0.1) is 0 Å². The summed E-state index contributed by atoms with van der Waals surface area (Å²) in [7, 11) is 0. The number of rotatable bonds is 1. The van der Waals surface area contributed by atoms with Gasteiger partial charge in [-0.2, -0.15) is 0 Å². The van der Waals surface area contributed by atoms with Crippen LogP contribution >= 0.6 is 15.9 Å². The summed E-state index contributed by atoms with van der Waals surface area (Å²) in [6, 6.07) is 12.7. The van der Waals surface area contributed by atoms with Crippen molar-refractivity contribution in [3.8, 4) is 0 Å². The fourth-order valence-corrected chi connectivity index (χ4v) is 2.28. The molecule has 1 aromatic heterocycles. The highest BCUT2D eigenvalue weighted by Gasteiger charge is 2.18. The van der Waals surface area contributed by atoms with E-state index in [4.69, 9.17) is 0 Å². The second kappa shape index (κ2) is 3.91. The monoisotopic (exact) mass is 274 g/mol. The van der Waals surface area contributed by atoms with Gasteiger partial charge in [-0.1, -0.05) is 24.3 Å². The van der Waals surface area contributed by atoms with Crippen molar-refractivity contribution >= 4 is 21.7 Å². The highest BCUT2D eigenvalue weighted by molar-refractivity contribution is 9.10. The SMILES string of the molecule is Brc1ccc(N2Cc3ccccc3C2)nc1. The summed E-state index contributed by atoms with van der Waals surface area (Å²) in [5.74, 6) is 1.04. The fraction of sp³-hybridized carbons (Fsp3) is 0.154. The Kier molecular flexibility index (Phi) is 2.40. The van der Waals surface area contributed by atoms with Gasteiger partial charge in [-0.05, 0) is 39.2 Å². The molecule has 0 bridgehead atoms. The molecule has 0 unspecified atom stereocenters. The number of benzene rings is 1. The molecule has 0 aliphatic carbocycles. The Labute approximate surface area is 103 Å². The van der Waals surface area contributed by atoms with Crippen molar-refractivity contribution in [3.05, 3.63) is 58.2 Å². The Morgan fingerprint density at radius 2 is 1.69 bits per heavy atom. The predicted molar refractivity (Wildman–Crippen MR) is 68.3 cm³/mol. The average Bonchev–Trinajstić information content (AvgIpc) is 2.73. The van der Waals surface area contributed by atoms with E-state index in [0.29, 0.717) is 0 Å². The summed E-state index contributed by atoms with van der Waals surface area (Å²) in [5, 5.41) is 0. The maximum absolute atomic E-state index is 4.42. The van der Waals surface area contributed by atoms with Crippen LogP contribution in [0.4, 0.5) is 5.82 Å². The van der Waals surface area contributed by atoms with E-state index in [1.54, 1.807) is 0 Å². The maximum Gasteiger partial charge on any atom is 0.129 e. The number of fused-ring (bicyclic) bond motifs is 1. The van der Waals surface area contributed by atoms with Crippen LogP contribution in [0, 0.1) is 0 Å². The van der Waals surface area contributed by atoms with E-state index in [1.165, 1.54) is 11.1 Å². The molecule has 3 rings (SSSR count). The predicted octanol–water partition coefficient (Wildman–Crippen LogP) is 3.36. The number of anilines is 1. The molecule has 2 aromatic rings. The van der Waals surface area contributed by atoms with Gasteiger partial charge in [0.2, 0.25) is 0 Å². The second-order valence-electron chi connectivity index (χ2n) is 3.96. The molecule has 0 saturated carbocycles. The van der Waals surface area contributed by atoms with Crippen molar-refractivity contribution in [1.82, 2.24) is 4.98 Å². The van der Waals surface area contributed by atoms with Gasteiger partial charge in [0, 0.05) is 23.8 Å². The van der Waals surface area contributed by atoms with Gasteiger partial charge in [0.15, 0.2) is 0 Å². The maximum atomic E-state index is 4.42. The molecule has 3 heteroatoms. The van der Waals surface area contributed by atoms with Gasteiger partial charge >= 0.3 is 0 Å². The van der Waals surface area contributed by atoms with Gasteiger partial charge in [-0.3, -0.25) is 0 Å². The topological polar surface area (TPSA) is 16.1 Å². The Morgan fingerprint density at radius 1 is 1.00 bits per heavy atom. The van der Waals surface area contributed by atoms with Gasteiger partial charge in [-0.25, -0.2) is 4.98 Å². The number of hydrogen-bond donors (Lipinski definition) is 0. The molecular formula is C13H11BrN2. The van der Waals surface area contributed by atoms with E-state index in [2.05, 4.69) is 56.1 Å². The van der Waals surface area contributed by atoms with Crippen LogP contribution in [0.25, 0.3) is 0 Å². The molecule has 0 saturated heterocycles. The highest BCUT2D eigenvalue weighted by atomic mass is 79.9. The summed E-state index contributed by atoms with van der Waals surface area (Å²) in [6.45, 7) is 1.93. The summed E-state index contributed by atoms with van der Waals surface area (Å²) >= 11 is 3.40. The van der Waals surface area contributed by atoms with E-state index in [-0.39, 0.29) is 0 Å². The number of hydrogen-bond acceptors (Lipinski definition) is 2. The minimum Gasteiger partial charge on any atom is -0.348 e. The van der Waals surface area contributed by atoms with Crippen molar-refractivity contribution in [1.29, 1.82) is 0 Å².